The van der Waals surface area contributed by atoms with Crippen LogP contribution in [0.4, 0.5) is 4.39 Å². The highest BCUT2D eigenvalue weighted by atomic mass is 19.1. The third-order valence-corrected chi connectivity index (χ3v) is 4.99. The fourth-order valence-corrected chi connectivity index (χ4v) is 3.31. The number of carboxylic acids is 1. The molecule has 6 nitrogen and oxygen atoms in total. The second-order valence-corrected chi connectivity index (χ2v) is 7.23. The summed E-state index contributed by atoms with van der Waals surface area (Å²) in [5, 5.41) is 11.8. The van der Waals surface area contributed by atoms with E-state index in [4.69, 9.17) is 5.11 Å². The predicted molar refractivity (Wildman–Crippen MR) is 114 cm³/mol. The summed E-state index contributed by atoms with van der Waals surface area (Å²) in [5.41, 5.74) is 3.92. The first-order valence-electron chi connectivity index (χ1n) is 9.80. The van der Waals surface area contributed by atoms with E-state index in [1.165, 1.54) is 24.3 Å². The standard InChI is InChI=1S/C24H20FN3O3/c25-20-3-1-2-16(12-20)6-9-21-15-28-11-10-19(13-22(28)27-21)23(29)26-14-17-4-7-18(8-5-17)24(30)31/h1-5,7-8,10-13,15H,6,9,14H2,(H,26,29)(H,30,31). The van der Waals surface area contributed by atoms with Gasteiger partial charge in [-0.3, -0.25) is 4.79 Å². The molecule has 0 fully saturated rings. The number of aryl methyl sites for hydroxylation is 2. The number of fused-ring (bicyclic) bond motifs is 1. The molecular weight excluding hydrogens is 397 g/mol. The molecule has 2 aromatic heterocycles. The number of aromatic nitrogens is 2. The van der Waals surface area contributed by atoms with Gasteiger partial charge in [-0.15, -0.1) is 0 Å². The fourth-order valence-electron chi connectivity index (χ4n) is 3.31. The zero-order valence-electron chi connectivity index (χ0n) is 16.6. The van der Waals surface area contributed by atoms with Crippen LogP contribution in [0.1, 0.15) is 37.5 Å². The summed E-state index contributed by atoms with van der Waals surface area (Å²) < 4.78 is 15.2. The number of rotatable bonds is 7. The Balaban J connectivity index is 1.39. The fraction of sp³-hybridized carbons (Fsp3) is 0.125. The Morgan fingerprint density at radius 3 is 2.52 bits per heavy atom. The Morgan fingerprint density at radius 1 is 0.968 bits per heavy atom. The van der Waals surface area contributed by atoms with Crippen LogP contribution >= 0.6 is 0 Å². The van der Waals surface area contributed by atoms with Crippen molar-refractivity contribution in [3.63, 3.8) is 0 Å². The maximum Gasteiger partial charge on any atom is 0.335 e. The van der Waals surface area contributed by atoms with Gasteiger partial charge in [-0.1, -0.05) is 24.3 Å². The molecular formula is C24H20FN3O3. The van der Waals surface area contributed by atoms with Crippen LogP contribution in [0.2, 0.25) is 0 Å². The van der Waals surface area contributed by atoms with E-state index in [1.54, 1.807) is 36.5 Å². The molecule has 31 heavy (non-hydrogen) atoms. The van der Waals surface area contributed by atoms with E-state index in [0.29, 0.717) is 24.1 Å². The molecule has 0 saturated heterocycles. The van der Waals surface area contributed by atoms with E-state index in [1.807, 2.05) is 16.7 Å². The molecule has 0 atom stereocenters. The monoisotopic (exact) mass is 417 g/mol. The number of benzene rings is 2. The molecule has 4 aromatic rings. The number of aromatic carboxylic acids is 1. The first kappa shape index (κ1) is 20.3. The Labute approximate surface area is 178 Å². The molecule has 4 rings (SSSR count). The Kier molecular flexibility index (Phi) is 5.75. The number of imidazole rings is 1. The van der Waals surface area contributed by atoms with Crippen molar-refractivity contribution in [3.05, 3.63) is 107 Å². The molecule has 0 aliphatic carbocycles. The zero-order chi connectivity index (χ0) is 21.8. The van der Waals surface area contributed by atoms with Gasteiger partial charge in [-0.2, -0.15) is 0 Å². The smallest absolute Gasteiger partial charge is 0.335 e. The van der Waals surface area contributed by atoms with Crippen molar-refractivity contribution >= 4 is 17.5 Å². The van der Waals surface area contributed by atoms with Crippen molar-refractivity contribution in [1.82, 2.24) is 14.7 Å². The number of pyridine rings is 1. The summed E-state index contributed by atoms with van der Waals surface area (Å²) in [5.74, 6) is -1.48. The average molecular weight is 417 g/mol. The van der Waals surface area contributed by atoms with Crippen molar-refractivity contribution in [2.24, 2.45) is 0 Å². The van der Waals surface area contributed by atoms with Gasteiger partial charge in [-0.05, 0) is 60.4 Å². The van der Waals surface area contributed by atoms with E-state index >= 15 is 0 Å². The van der Waals surface area contributed by atoms with E-state index < -0.39 is 5.97 Å². The maximum atomic E-state index is 13.3. The van der Waals surface area contributed by atoms with E-state index in [0.717, 1.165) is 16.8 Å². The molecule has 0 aliphatic heterocycles. The maximum absolute atomic E-state index is 13.3. The lowest BCUT2D eigenvalue weighted by Crippen LogP contribution is -2.22. The molecule has 2 N–H and O–H groups in total. The van der Waals surface area contributed by atoms with Gasteiger partial charge in [0.15, 0.2) is 0 Å². The molecule has 1 amide bonds. The average Bonchev–Trinajstić information content (AvgIpc) is 3.18. The topological polar surface area (TPSA) is 83.7 Å². The molecule has 0 spiro atoms. The lowest BCUT2D eigenvalue weighted by atomic mass is 10.1. The van der Waals surface area contributed by atoms with Gasteiger partial charge in [-0.25, -0.2) is 14.2 Å². The number of carbonyl (C=O) groups is 2. The summed E-state index contributed by atoms with van der Waals surface area (Å²) in [6, 6.07) is 16.3. The number of carbonyl (C=O) groups excluding carboxylic acids is 1. The van der Waals surface area contributed by atoms with Crippen LogP contribution in [0, 0.1) is 5.82 Å². The van der Waals surface area contributed by atoms with Gasteiger partial charge in [0, 0.05) is 24.5 Å². The Morgan fingerprint density at radius 2 is 1.77 bits per heavy atom. The molecule has 156 valence electrons. The van der Waals surface area contributed by atoms with Crippen LogP contribution in [0.25, 0.3) is 5.65 Å². The van der Waals surface area contributed by atoms with Gasteiger partial charge >= 0.3 is 5.97 Å². The molecule has 7 heteroatoms. The molecule has 0 saturated carbocycles. The summed E-state index contributed by atoms with van der Waals surface area (Å²) in [6.45, 7) is 0.289. The van der Waals surface area contributed by atoms with Crippen LogP contribution < -0.4 is 5.32 Å². The van der Waals surface area contributed by atoms with Crippen molar-refractivity contribution in [1.29, 1.82) is 0 Å². The molecule has 0 radical (unpaired) electrons. The van der Waals surface area contributed by atoms with Crippen LogP contribution in [-0.2, 0) is 19.4 Å². The largest absolute Gasteiger partial charge is 0.478 e. The SMILES string of the molecule is O=C(O)c1ccc(CNC(=O)c2ccn3cc(CCc4cccc(F)c4)nc3c2)cc1. The van der Waals surface area contributed by atoms with Crippen LogP contribution in [0.5, 0.6) is 0 Å². The second kappa shape index (κ2) is 8.79. The van der Waals surface area contributed by atoms with Crippen molar-refractivity contribution in [3.8, 4) is 0 Å². The molecule has 2 heterocycles. The van der Waals surface area contributed by atoms with Gasteiger partial charge < -0.3 is 14.8 Å². The number of nitrogens with zero attached hydrogens (tertiary/aromatic N) is 2. The molecule has 0 bridgehead atoms. The van der Waals surface area contributed by atoms with Crippen molar-refractivity contribution in [2.45, 2.75) is 19.4 Å². The minimum absolute atomic E-state index is 0.202. The highest BCUT2D eigenvalue weighted by Crippen LogP contribution is 2.12. The molecule has 0 aliphatic rings. The lowest BCUT2D eigenvalue weighted by Gasteiger charge is -2.06. The minimum atomic E-state index is -0.987. The van der Waals surface area contributed by atoms with E-state index in [2.05, 4.69) is 10.3 Å². The summed E-state index contributed by atoms with van der Waals surface area (Å²) in [7, 11) is 0. The van der Waals surface area contributed by atoms with Gasteiger partial charge in [0.1, 0.15) is 11.5 Å². The van der Waals surface area contributed by atoms with E-state index in [-0.39, 0.29) is 23.8 Å². The zero-order valence-corrected chi connectivity index (χ0v) is 16.6. The highest BCUT2D eigenvalue weighted by molar-refractivity contribution is 5.95. The van der Waals surface area contributed by atoms with Gasteiger partial charge in [0.2, 0.25) is 0 Å². The summed E-state index contributed by atoms with van der Waals surface area (Å²) >= 11 is 0. The number of nitrogens with one attached hydrogen (secondary N) is 1. The third-order valence-electron chi connectivity index (χ3n) is 4.99. The van der Waals surface area contributed by atoms with Crippen molar-refractivity contribution in [2.75, 3.05) is 0 Å². The molecule has 0 unspecified atom stereocenters. The van der Waals surface area contributed by atoms with Crippen LogP contribution in [0.3, 0.4) is 0 Å². The minimum Gasteiger partial charge on any atom is -0.478 e. The highest BCUT2D eigenvalue weighted by Gasteiger charge is 2.09. The lowest BCUT2D eigenvalue weighted by molar-refractivity contribution is 0.0696. The van der Waals surface area contributed by atoms with Crippen LogP contribution in [-0.4, -0.2) is 26.4 Å². The van der Waals surface area contributed by atoms with Gasteiger partial charge in [0.05, 0.1) is 11.3 Å². The number of carboxylic acid groups (broad SMARTS) is 1. The number of hydrogen-bond acceptors (Lipinski definition) is 3. The third kappa shape index (κ3) is 4.95. The first-order valence-corrected chi connectivity index (χ1v) is 9.80. The summed E-state index contributed by atoms with van der Waals surface area (Å²) in [4.78, 5) is 28.0. The number of amides is 1. The predicted octanol–water partition coefficient (Wildman–Crippen LogP) is 3.89. The van der Waals surface area contributed by atoms with Crippen LogP contribution in [0.15, 0.2) is 73.1 Å². The normalized spacial score (nSPS) is 10.9. The first-order chi connectivity index (χ1) is 15.0. The van der Waals surface area contributed by atoms with E-state index in [9.17, 15) is 14.0 Å². The number of halogens is 1. The Hall–Kier alpha value is -4.00. The van der Waals surface area contributed by atoms with Gasteiger partial charge in [0.25, 0.3) is 5.91 Å². The van der Waals surface area contributed by atoms with Crippen molar-refractivity contribution < 1.29 is 19.1 Å². The second-order valence-electron chi connectivity index (χ2n) is 7.23. The number of hydrogen-bond donors (Lipinski definition) is 2. The quantitative estimate of drug-likeness (QED) is 0.478. The Bertz CT molecular complexity index is 1250. The summed E-state index contributed by atoms with van der Waals surface area (Å²) in [6.07, 6.45) is 5.03. The molecule has 2 aromatic carbocycles.